The molecule has 1 aromatic heterocycles. The molecule has 1 saturated heterocycles. The third kappa shape index (κ3) is 3.82. The number of hydrogen-bond donors (Lipinski definition) is 1. The van der Waals surface area contributed by atoms with E-state index in [2.05, 4.69) is 62.0 Å². The van der Waals surface area contributed by atoms with Crippen molar-refractivity contribution in [2.24, 2.45) is 0 Å². The van der Waals surface area contributed by atoms with Gasteiger partial charge >= 0.3 is 0 Å². The van der Waals surface area contributed by atoms with Crippen LogP contribution in [-0.2, 0) is 0 Å². The monoisotopic (exact) mass is 341 g/mol. The average Bonchev–Trinajstić information content (AvgIpc) is 2.46. The van der Waals surface area contributed by atoms with Gasteiger partial charge in [0.15, 0.2) is 0 Å². The van der Waals surface area contributed by atoms with Gasteiger partial charge in [-0.15, -0.1) is 0 Å². The van der Waals surface area contributed by atoms with E-state index in [1.54, 1.807) is 0 Å². The minimum Gasteiger partial charge on any atom is -0.355 e. The molecule has 1 aliphatic rings. The van der Waals surface area contributed by atoms with Gasteiger partial charge in [0.05, 0.1) is 4.47 Å². The number of rotatable bonds is 5. The predicted octanol–water partition coefficient (Wildman–Crippen LogP) is 2.59. The van der Waals surface area contributed by atoms with Crippen molar-refractivity contribution in [3.05, 3.63) is 10.7 Å². The fourth-order valence-corrected chi connectivity index (χ4v) is 2.94. The lowest BCUT2D eigenvalue weighted by Crippen LogP contribution is -2.42. The van der Waals surface area contributed by atoms with E-state index in [-0.39, 0.29) is 0 Å². The van der Waals surface area contributed by atoms with Crippen molar-refractivity contribution >= 4 is 27.7 Å². The summed E-state index contributed by atoms with van der Waals surface area (Å²) in [4.78, 5) is 13.6. The summed E-state index contributed by atoms with van der Waals surface area (Å²) in [5.74, 6) is 1.73. The van der Waals surface area contributed by atoms with Gasteiger partial charge in [0.25, 0.3) is 0 Å². The first kappa shape index (κ1) is 15.5. The standard InChI is InChI=1S/C14H24BrN5/c1-4-7-16-14-17-10-12(15)13(18-14)20-8-5-11(6-9-20)19(2)3/h10-11H,4-9H2,1-3H3,(H,16,17,18). The Hall–Kier alpha value is -0.880. The lowest BCUT2D eigenvalue weighted by Gasteiger charge is -2.36. The van der Waals surface area contributed by atoms with E-state index < -0.39 is 0 Å². The number of hydrogen-bond acceptors (Lipinski definition) is 5. The number of nitrogens with zero attached hydrogens (tertiary/aromatic N) is 4. The van der Waals surface area contributed by atoms with Gasteiger partial charge in [-0.05, 0) is 49.3 Å². The van der Waals surface area contributed by atoms with E-state index in [0.717, 1.165) is 42.3 Å². The molecule has 0 aliphatic carbocycles. The van der Waals surface area contributed by atoms with E-state index in [9.17, 15) is 0 Å². The lowest BCUT2D eigenvalue weighted by atomic mass is 10.0. The molecule has 0 saturated carbocycles. The van der Waals surface area contributed by atoms with Crippen molar-refractivity contribution in [3.63, 3.8) is 0 Å². The van der Waals surface area contributed by atoms with Crippen molar-refractivity contribution in [2.45, 2.75) is 32.2 Å². The van der Waals surface area contributed by atoms with Crippen LogP contribution >= 0.6 is 15.9 Å². The zero-order chi connectivity index (χ0) is 14.5. The maximum atomic E-state index is 4.65. The summed E-state index contributed by atoms with van der Waals surface area (Å²) < 4.78 is 0.975. The maximum absolute atomic E-state index is 4.65. The van der Waals surface area contributed by atoms with Crippen LogP contribution in [-0.4, -0.2) is 54.6 Å². The fraction of sp³-hybridized carbons (Fsp3) is 0.714. The SMILES string of the molecule is CCCNc1ncc(Br)c(N2CCC(N(C)C)CC2)n1. The highest BCUT2D eigenvalue weighted by Gasteiger charge is 2.23. The molecule has 0 unspecified atom stereocenters. The van der Waals surface area contributed by atoms with Gasteiger partial charge in [-0.3, -0.25) is 0 Å². The van der Waals surface area contributed by atoms with Gasteiger partial charge in [-0.2, -0.15) is 4.98 Å². The van der Waals surface area contributed by atoms with Crippen LogP contribution in [0.15, 0.2) is 10.7 Å². The highest BCUT2D eigenvalue weighted by Crippen LogP contribution is 2.27. The van der Waals surface area contributed by atoms with E-state index in [4.69, 9.17) is 0 Å². The summed E-state index contributed by atoms with van der Waals surface area (Å²) in [5, 5.41) is 3.25. The third-order valence-corrected chi connectivity index (χ3v) is 4.31. The second kappa shape index (κ2) is 7.22. The number of anilines is 2. The summed E-state index contributed by atoms with van der Waals surface area (Å²) in [6.45, 7) is 5.14. The average molecular weight is 342 g/mol. The van der Waals surface area contributed by atoms with Crippen molar-refractivity contribution < 1.29 is 0 Å². The molecule has 0 bridgehead atoms. The molecule has 20 heavy (non-hydrogen) atoms. The van der Waals surface area contributed by atoms with E-state index >= 15 is 0 Å². The van der Waals surface area contributed by atoms with Crippen molar-refractivity contribution in [1.29, 1.82) is 0 Å². The van der Waals surface area contributed by atoms with Crippen LogP contribution in [0.25, 0.3) is 0 Å². The maximum Gasteiger partial charge on any atom is 0.224 e. The quantitative estimate of drug-likeness (QED) is 0.891. The first-order valence-electron chi connectivity index (χ1n) is 7.29. The van der Waals surface area contributed by atoms with E-state index in [0.29, 0.717) is 6.04 Å². The summed E-state index contributed by atoms with van der Waals surface area (Å²) in [6.07, 6.45) is 5.28. The molecule has 5 nitrogen and oxygen atoms in total. The molecule has 2 heterocycles. The molecular formula is C14H24BrN5. The zero-order valence-corrected chi connectivity index (χ0v) is 14.2. The molecule has 0 radical (unpaired) electrons. The Morgan fingerprint density at radius 2 is 2.10 bits per heavy atom. The van der Waals surface area contributed by atoms with Gasteiger partial charge < -0.3 is 15.1 Å². The van der Waals surface area contributed by atoms with Crippen LogP contribution in [0.2, 0.25) is 0 Å². The number of halogens is 1. The molecule has 0 aromatic carbocycles. The Morgan fingerprint density at radius 1 is 1.40 bits per heavy atom. The van der Waals surface area contributed by atoms with Crippen LogP contribution in [0, 0.1) is 0 Å². The molecule has 1 aromatic rings. The first-order valence-corrected chi connectivity index (χ1v) is 8.09. The predicted molar refractivity (Wildman–Crippen MR) is 87.4 cm³/mol. The second-order valence-corrected chi connectivity index (χ2v) is 6.33. The highest BCUT2D eigenvalue weighted by atomic mass is 79.9. The largest absolute Gasteiger partial charge is 0.355 e. The molecule has 0 amide bonds. The molecule has 0 spiro atoms. The molecule has 112 valence electrons. The van der Waals surface area contributed by atoms with Crippen LogP contribution in [0.4, 0.5) is 11.8 Å². The summed E-state index contributed by atoms with van der Waals surface area (Å²) >= 11 is 3.57. The Morgan fingerprint density at radius 3 is 2.70 bits per heavy atom. The number of nitrogens with one attached hydrogen (secondary N) is 1. The summed E-state index contributed by atoms with van der Waals surface area (Å²) in [6, 6.07) is 0.685. The van der Waals surface area contributed by atoms with Crippen molar-refractivity contribution in [3.8, 4) is 0 Å². The minimum absolute atomic E-state index is 0.685. The third-order valence-electron chi connectivity index (χ3n) is 3.75. The Labute approximate surface area is 129 Å². The smallest absolute Gasteiger partial charge is 0.224 e. The molecular weight excluding hydrogens is 318 g/mol. The van der Waals surface area contributed by atoms with Crippen molar-refractivity contribution in [1.82, 2.24) is 14.9 Å². The molecule has 0 atom stereocenters. The van der Waals surface area contributed by atoms with Gasteiger partial charge in [0.1, 0.15) is 5.82 Å². The fourth-order valence-electron chi connectivity index (χ4n) is 2.50. The van der Waals surface area contributed by atoms with Gasteiger partial charge in [0, 0.05) is 31.9 Å². The Bertz CT molecular complexity index is 430. The normalized spacial score (nSPS) is 16.8. The van der Waals surface area contributed by atoms with Crippen LogP contribution in [0.5, 0.6) is 0 Å². The lowest BCUT2D eigenvalue weighted by molar-refractivity contribution is 0.249. The van der Waals surface area contributed by atoms with E-state index in [1.165, 1.54) is 12.8 Å². The van der Waals surface area contributed by atoms with Gasteiger partial charge in [-0.1, -0.05) is 6.92 Å². The van der Waals surface area contributed by atoms with Crippen molar-refractivity contribution in [2.75, 3.05) is 43.9 Å². The molecule has 2 rings (SSSR count). The Balaban J connectivity index is 2.05. The topological polar surface area (TPSA) is 44.3 Å². The Kier molecular flexibility index (Phi) is 5.60. The zero-order valence-electron chi connectivity index (χ0n) is 12.6. The van der Waals surface area contributed by atoms with Gasteiger partial charge in [-0.25, -0.2) is 4.98 Å². The number of piperidine rings is 1. The minimum atomic E-state index is 0.685. The van der Waals surface area contributed by atoms with E-state index in [1.807, 2.05) is 6.20 Å². The first-order chi connectivity index (χ1) is 9.61. The summed E-state index contributed by atoms with van der Waals surface area (Å²) in [7, 11) is 4.32. The number of aromatic nitrogens is 2. The highest BCUT2D eigenvalue weighted by molar-refractivity contribution is 9.10. The molecule has 1 N–H and O–H groups in total. The summed E-state index contributed by atoms with van der Waals surface area (Å²) in [5.41, 5.74) is 0. The van der Waals surface area contributed by atoms with Crippen LogP contribution < -0.4 is 10.2 Å². The molecule has 1 fully saturated rings. The molecule has 1 aliphatic heterocycles. The second-order valence-electron chi connectivity index (χ2n) is 5.47. The van der Waals surface area contributed by atoms with Gasteiger partial charge in [0.2, 0.25) is 5.95 Å². The van der Waals surface area contributed by atoms with Crippen LogP contribution in [0.1, 0.15) is 26.2 Å². The van der Waals surface area contributed by atoms with Crippen LogP contribution in [0.3, 0.4) is 0 Å². The molecule has 6 heteroatoms.